The first-order chi connectivity index (χ1) is 15.9. The lowest BCUT2D eigenvalue weighted by atomic mass is 9.71. The number of Topliss-reactive ketones (excluding diaryl/α,β-unsaturated/α-hetero) is 1. The molecule has 8 nitrogen and oxygen atoms in total. The highest BCUT2D eigenvalue weighted by Gasteiger charge is 2.48. The number of ketones is 1. The van der Waals surface area contributed by atoms with Gasteiger partial charge in [0.2, 0.25) is 5.76 Å². The second kappa shape index (κ2) is 11.2. The maximum Gasteiger partial charge on any atom is 0.374 e. The van der Waals surface area contributed by atoms with Gasteiger partial charge < -0.3 is 18.9 Å². The minimum absolute atomic E-state index is 0.0290. The number of rotatable bonds is 5. The Morgan fingerprint density at radius 1 is 1.24 bits per heavy atom. The zero-order valence-electron chi connectivity index (χ0n) is 21.6. The van der Waals surface area contributed by atoms with Crippen molar-refractivity contribution in [3.8, 4) is 0 Å². The Morgan fingerprint density at radius 3 is 2.41 bits per heavy atom. The van der Waals surface area contributed by atoms with Gasteiger partial charge >= 0.3 is 17.9 Å². The third kappa shape index (κ3) is 5.88. The molecule has 0 fully saturated rings. The highest BCUT2D eigenvalue weighted by atomic mass is 16.6. The van der Waals surface area contributed by atoms with Crippen molar-refractivity contribution in [2.45, 2.75) is 78.9 Å². The van der Waals surface area contributed by atoms with Crippen molar-refractivity contribution >= 4 is 23.7 Å². The first-order valence-electron chi connectivity index (χ1n) is 11.8. The SMILES string of the molecule is COC(=O)C[C@@H]1C(=O)[C@H](C)CC[C@@]2(C)OC(=O)C(OC)=C(C(C)C)[C@@H]2C/C=C(/C)[C@H]1OC(C)=O. The maximum absolute atomic E-state index is 13.5. The molecule has 2 aliphatic rings. The average Bonchev–Trinajstić information content (AvgIpc) is 2.77. The molecule has 2 rings (SSSR count). The number of carbonyl (C=O) groups excluding carboxylic acids is 4. The number of allylic oxidation sites excluding steroid dienone is 1. The van der Waals surface area contributed by atoms with Crippen molar-refractivity contribution in [3.05, 3.63) is 23.0 Å². The Hall–Kier alpha value is -2.64. The van der Waals surface area contributed by atoms with Crippen LogP contribution in [0, 0.1) is 23.7 Å². The first kappa shape index (κ1) is 27.6. The van der Waals surface area contributed by atoms with E-state index in [1.807, 2.05) is 26.8 Å². The van der Waals surface area contributed by atoms with Gasteiger partial charge in [0.15, 0.2) is 0 Å². The molecule has 1 aliphatic heterocycles. The Morgan fingerprint density at radius 2 is 1.88 bits per heavy atom. The molecular formula is C26H38O8. The maximum atomic E-state index is 13.5. The number of ether oxygens (including phenoxy) is 4. The van der Waals surface area contributed by atoms with Crippen molar-refractivity contribution in [2.75, 3.05) is 14.2 Å². The Bertz CT molecular complexity index is 883. The van der Waals surface area contributed by atoms with E-state index in [1.165, 1.54) is 21.1 Å². The van der Waals surface area contributed by atoms with Crippen molar-refractivity contribution < 1.29 is 38.1 Å². The molecule has 0 unspecified atom stereocenters. The van der Waals surface area contributed by atoms with Crippen LogP contribution in [0.1, 0.15) is 67.2 Å². The monoisotopic (exact) mass is 478 g/mol. The Balaban J connectivity index is 2.65. The second-order valence-electron chi connectivity index (χ2n) is 9.84. The van der Waals surface area contributed by atoms with Crippen LogP contribution >= 0.6 is 0 Å². The zero-order valence-corrected chi connectivity index (χ0v) is 21.6. The van der Waals surface area contributed by atoms with Crippen LogP contribution in [0.2, 0.25) is 0 Å². The molecule has 0 saturated heterocycles. The summed E-state index contributed by atoms with van der Waals surface area (Å²) < 4.78 is 21.8. The van der Waals surface area contributed by atoms with Gasteiger partial charge in [0, 0.05) is 18.8 Å². The molecule has 0 saturated carbocycles. The van der Waals surface area contributed by atoms with Crippen LogP contribution in [0.3, 0.4) is 0 Å². The summed E-state index contributed by atoms with van der Waals surface area (Å²) in [5, 5.41) is 0. The molecule has 34 heavy (non-hydrogen) atoms. The fraction of sp³-hybridized carbons (Fsp3) is 0.692. The molecule has 0 aromatic rings. The van der Waals surface area contributed by atoms with Crippen LogP contribution in [0.4, 0.5) is 0 Å². The Labute approximate surface area is 202 Å². The second-order valence-corrected chi connectivity index (χ2v) is 9.84. The molecule has 0 bridgehead atoms. The predicted molar refractivity (Wildman–Crippen MR) is 124 cm³/mol. The lowest BCUT2D eigenvalue weighted by Crippen LogP contribution is -2.47. The van der Waals surface area contributed by atoms with Crippen LogP contribution in [0.25, 0.3) is 0 Å². The lowest BCUT2D eigenvalue weighted by molar-refractivity contribution is -0.167. The van der Waals surface area contributed by atoms with E-state index in [1.54, 1.807) is 13.8 Å². The third-order valence-electron chi connectivity index (χ3n) is 7.03. The number of carbonyl (C=O) groups is 4. The highest BCUT2D eigenvalue weighted by Crippen LogP contribution is 2.45. The molecule has 0 aromatic carbocycles. The van der Waals surface area contributed by atoms with Gasteiger partial charge in [-0.15, -0.1) is 0 Å². The van der Waals surface area contributed by atoms with Gasteiger partial charge in [-0.2, -0.15) is 0 Å². The van der Waals surface area contributed by atoms with E-state index in [9.17, 15) is 19.2 Å². The quantitative estimate of drug-likeness (QED) is 0.333. The van der Waals surface area contributed by atoms with E-state index in [0.29, 0.717) is 24.8 Å². The summed E-state index contributed by atoms with van der Waals surface area (Å²) in [7, 11) is 2.72. The van der Waals surface area contributed by atoms with Crippen LogP contribution in [-0.2, 0) is 38.1 Å². The molecule has 5 atom stereocenters. The molecule has 1 heterocycles. The average molecular weight is 479 g/mol. The van der Waals surface area contributed by atoms with Gasteiger partial charge in [0.05, 0.1) is 26.6 Å². The van der Waals surface area contributed by atoms with Crippen molar-refractivity contribution in [2.24, 2.45) is 23.7 Å². The number of methoxy groups -OCH3 is 2. The van der Waals surface area contributed by atoms with Gasteiger partial charge in [-0.25, -0.2) is 4.79 Å². The summed E-state index contributed by atoms with van der Waals surface area (Å²) >= 11 is 0. The fourth-order valence-electron chi connectivity index (χ4n) is 5.12. The van der Waals surface area contributed by atoms with Gasteiger partial charge in [-0.3, -0.25) is 14.4 Å². The zero-order chi connectivity index (χ0) is 25.8. The van der Waals surface area contributed by atoms with Crippen LogP contribution in [-0.4, -0.2) is 49.6 Å². The largest absolute Gasteiger partial charge is 0.490 e. The number of hydrogen-bond acceptors (Lipinski definition) is 8. The van der Waals surface area contributed by atoms with Crippen LogP contribution in [0.15, 0.2) is 23.0 Å². The Kier molecular flexibility index (Phi) is 9.08. The van der Waals surface area contributed by atoms with Gasteiger partial charge in [-0.1, -0.05) is 26.8 Å². The number of fused-ring (bicyclic) bond motifs is 1. The summed E-state index contributed by atoms with van der Waals surface area (Å²) in [6.45, 7) is 10.8. The fourth-order valence-corrected chi connectivity index (χ4v) is 5.12. The van der Waals surface area contributed by atoms with E-state index >= 15 is 0 Å². The number of esters is 3. The molecule has 0 aromatic heterocycles. The van der Waals surface area contributed by atoms with E-state index < -0.39 is 41.4 Å². The van der Waals surface area contributed by atoms with E-state index in [-0.39, 0.29) is 29.8 Å². The molecule has 1 aliphatic carbocycles. The van der Waals surface area contributed by atoms with E-state index in [4.69, 9.17) is 18.9 Å². The van der Waals surface area contributed by atoms with E-state index in [0.717, 1.165) is 5.57 Å². The third-order valence-corrected chi connectivity index (χ3v) is 7.03. The minimum atomic E-state index is -0.893. The van der Waals surface area contributed by atoms with Crippen LogP contribution in [0.5, 0.6) is 0 Å². The molecule has 8 heteroatoms. The summed E-state index contributed by atoms with van der Waals surface area (Å²) in [5.74, 6) is -3.03. The summed E-state index contributed by atoms with van der Waals surface area (Å²) in [5.41, 5.74) is 0.690. The van der Waals surface area contributed by atoms with Crippen molar-refractivity contribution in [3.63, 3.8) is 0 Å². The topological polar surface area (TPSA) is 105 Å². The molecule has 0 radical (unpaired) electrons. The summed E-state index contributed by atoms with van der Waals surface area (Å²) in [6.07, 6.45) is 2.22. The summed E-state index contributed by atoms with van der Waals surface area (Å²) in [4.78, 5) is 50.4. The molecule has 0 N–H and O–H groups in total. The molecular weight excluding hydrogens is 440 g/mol. The standard InChI is InChI=1S/C26H38O8/c1-14(2)21-19-10-9-16(4)23(33-17(5)27)18(13-20(28)31-7)22(29)15(3)11-12-26(19,6)34-25(30)24(21)32-8/h9,14-15,18-19,23H,10-13H2,1-8H3/b16-9-/t15-,18-,19+,23-,26-/m1/s1. The molecule has 0 spiro atoms. The van der Waals surface area contributed by atoms with Crippen molar-refractivity contribution in [1.82, 2.24) is 0 Å². The van der Waals surface area contributed by atoms with Crippen molar-refractivity contribution in [1.29, 1.82) is 0 Å². The minimum Gasteiger partial charge on any atom is -0.490 e. The van der Waals surface area contributed by atoms with Gasteiger partial charge in [-0.05, 0) is 50.2 Å². The molecule has 0 amide bonds. The lowest BCUT2D eigenvalue weighted by Gasteiger charge is -2.43. The smallest absolute Gasteiger partial charge is 0.374 e. The van der Waals surface area contributed by atoms with Gasteiger partial charge in [0.25, 0.3) is 0 Å². The molecule has 190 valence electrons. The number of hydrogen-bond donors (Lipinski definition) is 0. The van der Waals surface area contributed by atoms with Gasteiger partial charge in [0.1, 0.15) is 17.5 Å². The highest BCUT2D eigenvalue weighted by molar-refractivity contribution is 5.89. The van der Waals surface area contributed by atoms with Crippen LogP contribution < -0.4 is 0 Å². The van der Waals surface area contributed by atoms with E-state index in [2.05, 4.69) is 0 Å². The summed E-state index contributed by atoms with van der Waals surface area (Å²) in [6, 6.07) is 0. The first-order valence-corrected chi connectivity index (χ1v) is 11.8. The predicted octanol–water partition coefficient (Wildman–Crippen LogP) is 3.92. The normalized spacial score (nSPS) is 32.1.